The van der Waals surface area contributed by atoms with Gasteiger partial charge in [-0.25, -0.2) is 0 Å². The second-order valence-electron chi connectivity index (χ2n) is 7.09. The highest BCUT2D eigenvalue weighted by atomic mass is 16.1. The molecule has 0 bridgehead atoms. The molecule has 0 unspecified atom stereocenters. The number of piperazine rings is 1. The first-order valence-electron chi connectivity index (χ1n) is 9.04. The lowest BCUT2D eigenvalue weighted by Gasteiger charge is -2.34. The Hall–Kier alpha value is -1.55. The predicted molar refractivity (Wildman–Crippen MR) is 96.0 cm³/mol. The number of amides is 1. The average molecular weight is 315 g/mol. The van der Waals surface area contributed by atoms with Crippen LogP contribution in [0.4, 0.5) is 11.4 Å². The van der Waals surface area contributed by atoms with Gasteiger partial charge >= 0.3 is 0 Å². The molecule has 2 aliphatic rings. The molecule has 1 heterocycles. The summed E-state index contributed by atoms with van der Waals surface area (Å²) in [7, 11) is 2.17. The summed E-state index contributed by atoms with van der Waals surface area (Å²) in [4.78, 5) is 16.9. The van der Waals surface area contributed by atoms with Gasteiger partial charge in [-0.2, -0.15) is 0 Å². The maximum Gasteiger partial charge on any atom is 0.224 e. The van der Waals surface area contributed by atoms with Crippen LogP contribution in [-0.2, 0) is 4.79 Å². The third kappa shape index (κ3) is 4.71. The second-order valence-corrected chi connectivity index (χ2v) is 7.09. The van der Waals surface area contributed by atoms with E-state index in [0.717, 1.165) is 31.9 Å². The van der Waals surface area contributed by atoms with Gasteiger partial charge in [0.25, 0.3) is 0 Å². The van der Waals surface area contributed by atoms with Crippen molar-refractivity contribution >= 4 is 17.3 Å². The van der Waals surface area contributed by atoms with E-state index in [1.165, 1.54) is 37.8 Å². The van der Waals surface area contributed by atoms with Crippen molar-refractivity contribution in [1.82, 2.24) is 4.90 Å². The lowest BCUT2D eigenvalue weighted by molar-refractivity contribution is -0.117. The number of nitrogens with zero attached hydrogens (tertiary/aromatic N) is 2. The molecule has 0 radical (unpaired) electrons. The van der Waals surface area contributed by atoms with Gasteiger partial charge in [0, 0.05) is 44.0 Å². The Balaban J connectivity index is 1.49. The quantitative estimate of drug-likeness (QED) is 0.925. The molecule has 1 aliphatic carbocycles. The largest absolute Gasteiger partial charge is 0.369 e. The Morgan fingerprint density at radius 2 is 1.70 bits per heavy atom. The zero-order valence-corrected chi connectivity index (χ0v) is 14.3. The molecule has 3 rings (SSSR count). The Bertz CT molecular complexity index is 500. The van der Waals surface area contributed by atoms with E-state index in [1.807, 2.05) is 12.1 Å². The van der Waals surface area contributed by atoms with Crippen LogP contribution in [0.3, 0.4) is 0 Å². The van der Waals surface area contributed by atoms with Crippen molar-refractivity contribution in [3.8, 4) is 0 Å². The van der Waals surface area contributed by atoms with Crippen LogP contribution < -0.4 is 10.2 Å². The van der Waals surface area contributed by atoms with Crippen LogP contribution in [0.15, 0.2) is 24.3 Å². The third-order valence-electron chi connectivity index (χ3n) is 5.22. The van der Waals surface area contributed by atoms with Crippen molar-refractivity contribution in [3.05, 3.63) is 24.3 Å². The number of anilines is 2. The fraction of sp³-hybridized carbons (Fsp3) is 0.632. The molecule has 0 aromatic heterocycles. The van der Waals surface area contributed by atoms with Crippen molar-refractivity contribution in [3.63, 3.8) is 0 Å². The van der Waals surface area contributed by atoms with Gasteiger partial charge in [-0.1, -0.05) is 19.3 Å². The summed E-state index contributed by atoms with van der Waals surface area (Å²) in [6, 6.07) is 8.32. The van der Waals surface area contributed by atoms with Gasteiger partial charge in [0.1, 0.15) is 0 Å². The van der Waals surface area contributed by atoms with E-state index in [9.17, 15) is 4.79 Å². The number of likely N-dealkylation sites (N-methyl/N-ethyl adjacent to an activating group) is 1. The maximum atomic E-state index is 12.2. The molecule has 4 nitrogen and oxygen atoms in total. The normalized spacial score (nSPS) is 20.5. The zero-order valence-electron chi connectivity index (χ0n) is 14.3. The average Bonchev–Trinajstić information content (AvgIpc) is 2.57. The number of hydrogen-bond donors (Lipinski definition) is 1. The van der Waals surface area contributed by atoms with Crippen LogP contribution in [-0.4, -0.2) is 44.0 Å². The highest BCUT2D eigenvalue weighted by molar-refractivity contribution is 5.91. The van der Waals surface area contributed by atoms with Crippen LogP contribution in [0.25, 0.3) is 0 Å². The Morgan fingerprint density at radius 3 is 2.35 bits per heavy atom. The highest BCUT2D eigenvalue weighted by Crippen LogP contribution is 2.27. The molecule has 23 heavy (non-hydrogen) atoms. The highest BCUT2D eigenvalue weighted by Gasteiger charge is 2.17. The second kappa shape index (κ2) is 7.82. The molecule has 1 aliphatic heterocycles. The lowest BCUT2D eigenvalue weighted by atomic mass is 9.87. The first-order chi connectivity index (χ1) is 11.2. The monoisotopic (exact) mass is 315 g/mol. The molecular weight excluding hydrogens is 286 g/mol. The summed E-state index contributed by atoms with van der Waals surface area (Å²) < 4.78 is 0. The molecule has 1 amide bonds. The molecule has 1 saturated carbocycles. The van der Waals surface area contributed by atoms with Crippen LogP contribution in [0.2, 0.25) is 0 Å². The molecule has 4 heteroatoms. The van der Waals surface area contributed by atoms with E-state index < -0.39 is 0 Å². The molecule has 126 valence electrons. The van der Waals surface area contributed by atoms with Gasteiger partial charge < -0.3 is 15.1 Å². The molecule has 1 aromatic rings. The van der Waals surface area contributed by atoms with E-state index in [-0.39, 0.29) is 5.91 Å². The van der Waals surface area contributed by atoms with Gasteiger partial charge in [-0.3, -0.25) is 4.79 Å². The van der Waals surface area contributed by atoms with Crippen molar-refractivity contribution < 1.29 is 4.79 Å². The first kappa shape index (κ1) is 16.3. The smallest absolute Gasteiger partial charge is 0.224 e. The molecule has 1 aromatic carbocycles. The standard InChI is InChI=1S/C19H29N3O/c1-21-11-13-22(14-12-21)18-9-7-17(8-10-18)20-19(23)15-16-5-3-2-4-6-16/h7-10,16H,2-6,11-15H2,1H3,(H,20,23). The van der Waals surface area contributed by atoms with Gasteiger partial charge in [0.2, 0.25) is 5.91 Å². The Labute approximate surface area is 139 Å². The number of nitrogens with one attached hydrogen (secondary N) is 1. The van der Waals surface area contributed by atoms with E-state index in [2.05, 4.69) is 34.3 Å². The number of carbonyl (C=O) groups is 1. The summed E-state index contributed by atoms with van der Waals surface area (Å²) >= 11 is 0. The summed E-state index contributed by atoms with van der Waals surface area (Å²) in [5.74, 6) is 0.762. The Morgan fingerprint density at radius 1 is 1.04 bits per heavy atom. The van der Waals surface area contributed by atoms with Gasteiger partial charge in [-0.05, 0) is 50.1 Å². The van der Waals surface area contributed by atoms with Crippen molar-refractivity contribution in [1.29, 1.82) is 0 Å². The SMILES string of the molecule is CN1CCN(c2ccc(NC(=O)CC3CCCCC3)cc2)CC1. The van der Waals surface area contributed by atoms with Crippen molar-refractivity contribution in [2.75, 3.05) is 43.4 Å². The van der Waals surface area contributed by atoms with Crippen molar-refractivity contribution in [2.45, 2.75) is 38.5 Å². The molecular formula is C19H29N3O. The van der Waals surface area contributed by atoms with Gasteiger partial charge in [-0.15, -0.1) is 0 Å². The first-order valence-corrected chi connectivity index (χ1v) is 9.04. The van der Waals surface area contributed by atoms with Crippen LogP contribution >= 0.6 is 0 Å². The summed E-state index contributed by atoms with van der Waals surface area (Å²) in [5, 5.41) is 3.06. The number of carbonyl (C=O) groups excluding carboxylic acids is 1. The maximum absolute atomic E-state index is 12.2. The van der Waals surface area contributed by atoms with E-state index >= 15 is 0 Å². The molecule has 1 N–H and O–H groups in total. The predicted octanol–water partition coefficient (Wildman–Crippen LogP) is 3.35. The molecule has 1 saturated heterocycles. The van der Waals surface area contributed by atoms with Crippen LogP contribution in [0.1, 0.15) is 38.5 Å². The van der Waals surface area contributed by atoms with Crippen molar-refractivity contribution in [2.24, 2.45) is 5.92 Å². The fourth-order valence-electron chi connectivity index (χ4n) is 3.69. The van der Waals surface area contributed by atoms with Gasteiger partial charge in [0.15, 0.2) is 0 Å². The Kier molecular flexibility index (Phi) is 5.55. The minimum Gasteiger partial charge on any atom is -0.369 e. The molecule has 0 atom stereocenters. The zero-order chi connectivity index (χ0) is 16.1. The fourth-order valence-corrected chi connectivity index (χ4v) is 3.69. The minimum absolute atomic E-state index is 0.171. The summed E-state index contributed by atoms with van der Waals surface area (Å²) in [6.07, 6.45) is 7.03. The summed E-state index contributed by atoms with van der Waals surface area (Å²) in [5.41, 5.74) is 2.17. The number of rotatable bonds is 4. The summed E-state index contributed by atoms with van der Waals surface area (Å²) in [6.45, 7) is 4.37. The van der Waals surface area contributed by atoms with E-state index in [1.54, 1.807) is 0 Å². The third-order valence-corrected chi connectivity index (χ3v) is 5.22. The van der Waals surface area contributed by atoms with Gasteiger partial charge in [0.05, 0.1) is 0 Å². The van der Waals surface area contributed by atoms with E-state index in [0.29, 0.717) is 12.3 Å². The molecule has 0 spiro atoms. The number of benzene rings is 1. The van der Waals surface area contributed by atoms with Crippen LogP contribution in [0, 0.1) is 5.92 Å². The van der Waals surface area contributed by atoms with Crippen LogP contribution in [0.5, 0.6) is 0 Å². The van der Waals surface area contributed by atoms with E-state index in [4.69, 9.17) is 0 Å². The minimum atomic E-state index is 0.171. The topological polar surface area (TPSA) is 35.6 Å². The number of hydrogen-bond acceptors (Lipinski definition) is 3. The lowest BCUT2D eigenvalue weighted by Crippen LogP contribution is -2.44. The molecule has 2 fully saturated rings.